The zero-order valence-corrected chi connectivity index (χ0v) is 9.21. The Hall–Kier alpha value is -1.56. The van der Waals surface area contributed by atoms with Gasteiger partial charge in [0.1, 0.15) is 0 Å². The summed E-state index contributed by atoms with van der Waals surface area (Å²) in [6.45, 7) is 1.31. The number of primary amides is 1. The summed E-state index contributed by atoms with van der Waals surface area (Å²) in [5, 5.41) is 0. The molecule has 1 aromatic carbocycles. The monoisotopic (exact) mass is 246 g/mol. The molecule has 1 aromatic rings. The molecule has 94 valence electrons. The zero-order chi connectivity index (χ0) is 13.3. The Morgan fingerprint density at radius 3 is 2.29 bits per heavy atom. The molecule has 0 saturated heterocycles. The lowest BCUT2D eigenvalue weighted by Crippen LogP contribution is -2.51. The molecule has 0 heterocycles. The minimum absolute atomic E-state index is 0.0381. The molecule has 1 amide bonds. The second kappa shape index (κ2) is 4.37. The summed E-state index contributed by atoms with van der Waals surface area (Å²) in [7, 11) is 0. The topological polar surface area (TPSA) is 69.1 Å². The van der Waals surface area contributed by atoms with Crippen LogP contribution in [0, 0.1) is 0 Å². The van der Waals surface area contributed by atoms with E-state index in [0.717, 1.165) is 6.07 Å². The highest BCUT2D eigenvalue weighted by molar-refractivity contribution is 5.84. The van der Waals surface area contributed by atoms with Crippen molar-refractivity contribution >= 4 is 5.91 Å². The molecule has 0 unspecified atom stereocenters. The lowest BCUT2D eigenvalue weighted by atomic mass is 9.90. The van der Waals surface area contributed by atoms with Gasteiger partial charge in [-0.1, -0.05) is 18.2 Å². The highest BCUT2D eigenvalue weighted by atomic mass is 19.4. The third-order valence-corrected chi connectivity index (χ3v) is 2.44. The van der Waals surface area contributed by atoms with E-state index in [9.17, 15) is 18.0 Å². The van der Waals surface area contributed by atoms with Gasteiger partial charge in [-0.25, -0.2) is 0 Å². The van der Waals surface area contributed by atoms with E-state index in [-0.39, 0.29) is 12.0 Å². The van der Waals surface area contributed by atoms with Crippen LogP contribution >= 0.6 is 0 Å². The molecule has 0 spiro atoms. The molecule has 0 fully saturated rings. The number of benzene rings is 1. The van der Waals surface area contributed by atoms with Gasteiger partial charge in [-0.2, -0.15) is 13.2 Å². The summed E-state index contributed by atoms with van der Waals surface area (Å²) < 4.78 is 38.0. The largest absolute Gasteiger partial charge is 0.416 e. The molecule has 0 radical (unpaired) electrons. The van der Waals surface area contributed by atoms with E-state index in [1.807, 2.05) is 0 Å². The van der Waals surface area contributed by atoms with Crippen LogP contribution in [-0.2, 0) is 17.4 Å². The number of halogens is 3. The van der Waals surface area contributed by atoms with E-state index < -0.39 is 23.2 Å². The second-order valence-corrected chi connectivity index (χ2v) is 4.11. The average Bonchev–Trinajstić information content (AvgIpc) is 2.15. The number of amides is 1. The van der Waals surface area contributed by atoms with Gasteiger partial charge in [0.05, 0.1) is 11.1 Å². The van der Waals surface area contributed by atoms with E-state index in [2.05, 4.69) is 0 Å². The van der Waals surface area contributed by atoms with Gasteiger partial charge in [-0.05, 0) is 25.0 Å². The Morgan fingerprint density at radius 2 is 1.82 bits per heavy atom. The van der Waals surface area contributed by atoms with Crippen LogP contribution in [-0.4, -0.2) is 11.4 Å². The quantitative estimate of drug-likeness (QED) is 0.847. The van der Waals surface area contributed by atoms with Crippen molar-refractivity contribution in [1.29, 1.82) is 0 Å². The summed E-state index contributed by atoms with van der Waals surface area (Å²) in [5.41, 5.74) is 8.26. The Kier molecular flexibility index (Phi) is 3.47. The van der Waals surface area contributed by atoms with Crippen LogP contribution in [0.2, 0.25) is 0 Å². The molecule has 17 heavy (non-hydrogen) atoms. The molecular weight excluding hydrogens is 233 g/mol. The van der Waals surface area contributed by atoms with Crippen molar-refractivity contribution in [2.24, 2.45) is 11.5 Å². The zero-order valence-electron chi connectivity index (χ0n) is 9.21. The Morgan fingerprint density at radius 1 is 1.29 bits per heavy atom. The first-order chi connectivity index (χ1) is 7.64. The van der Waals surface area contributed by atoms with Gasteiger partial charge in [0.2, 0.25) is 5.91 Å². The molecule has 4 N–H and O–H groups in total. The summed E-state index contributed by atoms with van der Waals surface area (Å²) in [6.07, 6.45) is -4.72. The Labute approximate surface area is 96.6 Å². The van der Waals surface area contributed by atoms with Gasteiger partial charge in [0, 0.05) is 0 Å². The Balaban J connectivity index is 3.12. The van der Waals surface area contributed by atoms with E-state index in [4.69, 9.17) is 11.5 Å². The molecule has 0 aliphatic heterocycles. The van der Waals surface area contributed by atoms with Gasteiger partial charge < -0.3 is 11.5 Å². The van der Waals surface area contributed by atoms with Gasteiger partial charge in [0.15, 0.2) is 0 Å². The first-order valence-corrected chi connectivity index (χ1v) is 4.88. The van der Waals surface area contributed by atoms with Crippen molar-refractivity contribution in [2.45, 2.75) is 25.1 Å². The first-order valence-electron chi connectivity index (χ1n) is 4.88. The second-order valence-electron chi connectivity index (χ2n) is 4.11. The molecular formula is C11H13F3N2O. The van der Waals surface area contributed by atoms with Crippen LogP contribution in [0.5, 0.6) is 0 Å². The van der Waals surface area contributed by atoms with Crippen molar-refractivity contribution in [3.05, 3.63) is 35.4 Å². The van der Waals surface area contributed by atoms with Gasteiger partial charge in [0.25, 0.3) is 0 Å². The van der Waals surface area contributed by atoms with Crippen molar-refractivity contribution in [1.82, 2.24) is 0 Å². The number of alkyl halides is 3. The molecule has 0 aliphatic rings. The molecule has 6 heteroatoms. The average molecular weight is 246 g/mol. The van der Waals surface area contributed by atoms with Crippen LogP contribution in [0.1, 0.15) is 18.1 Å². The first kappa shape index (κ1) is 13.5. The number of hydrogen-bond donors (Lipinski definition) is 2. The highest BCUT2D eigenvalue weighted by Crippen LogP contribution is 2.32. The summed E-state index contributed by atoms with van der Waals surface area (Å²) in [5.74, 6) is -0.838. The molecule has 1 atom stereocenters. The standard InChI is InChI=1S/C11H13F3N2O/c1-10(16,9(15)17)6-7-4-2-3-5-8(7)11(12,13)14/h2-5H,6,16H2,1H3,(H2,15,17)/t10-/m1/s1. The van der Waals surface area contributed by atoms with E-state index in [1.165, 1.54) is 25.1 Å². The number of nitrogens with two attached hydrogens (primary N) is 2. The SMILES string of the molecule is C[C@@](N)(Cc1ccccc1C(F)(F)F)C(N)=O. The van der Waals surface area contributed by atoms with Crippen LogP contribution in [0.25, 0.3) is 0 Å². The Bertz CT molecular complexity index is 427. The van der Waals surface area contributed by atoms with Crippen molar-refractivity contribution in [3.8, 4) is 0 Å². The molecule has 0 aromatic heterocycles. The van der Waals surface area contributed by atoms with Crippen LogP contribution < -0.4 is 11.5 Å². The van der Waals surface area contributed by atoms with Crippen LogP contribution in [0.4, 0.5) is 13.2 Å². The van der Waals surface area contributed by atoms with E-state index >= 15 is 0 Å². The maximum Gasteiger partial charge on any atom is 0.416 e. The maximum absolute atomic E-state index is 12.7. The number of hydrogen-bond acceptors (Lipinski definition) is 2. The maximum atomic E-state index is 12.7. The van der Waals surface area contributed by atoms with Gasteiger partial charge >= 0.3 is 6.18 Å². The predicted molar refractivity (Wildman–Crippen MR) is 56.9 cm³/mol. The number of rotatable bonds is 3. The highest BCUT2D eigenvalue weighted by Gasteiger charge is 2.35. The third-order valence-electron chi connectivity index (χ3n) is 2.44. The fourth-order valence-corrected chi connectivity index (χ4v) is 1.43. The fraction of sp³-hybridized carbons (Fsp3) is 0.364. The summed E-state index contributed by atoms with van der Waals surface area (Å²) in [6, 6.07) is 4.98. The van der Waals surface area contributed by atoms with E-state index in [0.29, 0.717) is 0 Å². The third kappa shape index (κ3) is 3.20. The van der Waals surface area contributed by atoms with Crippen LogP contribution in [0.3, 0.4) is 0 Å². The summed E-state index contributed by atoms with van der Waals surface area (Å²) >= 11 is 0. The van der Waals surface area contributed by atoms with Gasteiger partial charge in [-0.15, -0.1) is 0 Å². The van der Waals surface area contributed by atoms with E-state index in [1.54, 1.807) is 0 Å². The minimum atomic E-state index is -4.47. The molecule has 0 saturated carbocycles. The molecule has 0 aliphatic carbocycles. The van der Waals surface area contributed by atoms with Crippen molar-refractivity contribution in [3.63, 3.8) is 0 Å². The van der Waals surface area contributed by atoms with Gasteiger partial charge in [-0.3, -0.25) is 4.79 Å². The fourth-order valence-electron chi connectivity index (χ4n) is 1.43. The minimum Gasteiger partial charge on any atom is -0.368 e. The predicted octanol–water partition coefficient (Wildman–Crippen LogP) is 1.45. The smallest absolute Gasteiger partial charge is 0.368 e. The normalized spacial score (nSPS) is 15.4. The summed E-state index contributed by atoms with van der Waals surface area (Å²) in [4.78, 5) is 11.0. The number of carbonyl (C=O) groups excluding carboxylic acids is 1. The molecule has 1 rings (SSSR count). The molecule has 3 nitrogen and oxygen atoms in total. The van der Waals surface area contributed by atoms with Crippen LogP contribution in [0.15, 0.2) is 24.3 Å². The lowest BCUT2D eigenvalue weighted by molar-refractivity contribution is -0.138. The number of carbonyl (C=O) groups is 1. The van der Waals surface area contributed by atoms with Crippen molar-refractivity contribution < 1.29 is 18.0 Å². The molecule has 0 bridgehead atoms. The van der Waals surface area contributed by atoms with Crippen molar-refractivity contribution in [2.75, 3.05) is 0 Å². The lowest BCUT2D eigenvalue weighted by Gasteiger charge is -2.22.